The van der Waals surface area contributed by atoms with Gasteiger partial charge >= 0.3 is 12.6 Å². The number of carboxylic acid groups (broad SMARTS) is 1. The number of ether oxygens (including phenoxy) is 1. The number of hydrogen-bond acceptors (Lipinski definition) is 2. The van der Waals surface area contributed by atoms with Crippen LogP contribution in [0.4, 0.5) is 8.78 Å². The number of hydrogen-bond donors (Lipinski definition) is 1. The quantitative estimate of drug-likeness (QED) is 0.842. The average molecular weight is 330 g/mol. The number of halogens is 4. The molecule has 0 amide bonds. The van der Waals surface area contributed by atoms with Crippen molar-refractivity contribution in [1.29, 1.82) is 0 Å². The summed E-state index contributed by atoms with van der Waals surface area (Å²) in [4.78, 5) is 10.6. The predicted octanol–water partition coefficient (Wildman–Crippen LogP) is 3.46. The van der Waals surface area contributed by atoms with Crippen LogP contribution in [0.3, 0.4) is 0 Å². The second-order valence-corrected chi connectivity index (χ2v) is 4.09. The third-order valence-electron chi connectivity index (χ3n) is 1.96. The van der Waals surface area contributed by atoms with E-state index in [2.05, 4.69) is 20.7 Å². The lowest BCUT2D eigenvalue weighted by Gasteiger charge is -2.11. The van der Waals surface area contributed by atoms with Crippen LogP contribution in [0.5, 0.6) is 5.75 Å². The van der Waals surface area contributed by atoms with E-state index in [1.54, 1.807) is 0 Å². The minimum Gasteiger partial charge on any atom is -0.481 e. The summed E-state index contributed by atoms with van der Waals surface area (Å²) >= 11 is 8.97. The molecular formula is C10H8BrClF2O3. The zero-order chi connectivity index (χ0) is 13.0. The Hall–Kier alpha value is -0.880. The zero-order valence-electron chi connectivity index (χ0n) is 8.42. The maximum Gasteiger partial charge on any atom is 0.387 e. The Morgan fingerprint density at radius 3 is 2.65 bits per heavy atom. The molecule has 0 bridgehead atoms. The van der Waals surface area contributed by atoms with Crippen molar-refractivity contribution >= 4 is 33.5 Å². The molecule has 1 N–H and O–H groups in total. The fourth-order valence-electron chi connectivity index (χ4n) is 1.31. The summed E-state index contributed by atoms with van der Waals surface area (Å²) in [5.74, 6) is -1.13. The van der Waals surface area contributed by atoms with Gasteiger partial charge in [-0.15, -0.1) is 0 Å². The van der Waals surface area contributed by atoms with Gasteiger partial charge in [-0.25, -0.2) is 0 Å². The van der Waals surface area contributed by atoms with E-state index < -0.39 is 12.6 Å². The van der Waals surface area contributed by atoms with E-state index in [1.165, 1.54) is 12.1 Å². The molecule has 7 heteroatoms. The van der Waals surface area contributed by atoms with Gasteiger partial charge < -0.3 is 9.84 Å². The number of carboxylic acids is 1. The van der Waals surface area contributed by atoms with Crippen LogP contribution in [-0.4, -0.2) is 17.7 Å². The van der Waals surface area contributed by atoms with Crippen LogP contribution in [0, 0.1) is 0 Å². The molecule has 0 saturated carbocycles. The molecule has 0 heterocycles. The second-order valence-electron chi connectivity index (χ2n) is 3.13. The lowest BCUT2D eigenvalue weighted by atomic mass is 10.1. The van der Waals surface area contributed by atoms with Crippen LogP contribution in [0.1, 0.15) is 11.1 Å². The number of aliphatic carboxylic acids is 1. The molecule has 1 rings (SSSR count). The fraction of sp³-hybridized carbons (Fsp3) is 0.300. The van der Waals surface area contributed by atoms with Crippen LogP contribution in [0.25, 0.3) is 0 Å². The molecule has 0 aliphatic heterocycles. The lowest BCUT2D eigenvalue weighted by Crippen LogP contribution is -2.06. The van der Waals surface area contributed by atoms with Crippen molar-refractivity contribution in [3.63, 3.8) is 0 Å². The summed E-state index contributed by atoms with van der Waals surface area (Å²) in [5, 5.41) is 9.10. The minimum absolute atomic E-state index is 0.0893. The van der Waals surface area contributed by atoms with Crippen molar-refractivity contribution in [3.05, 3.63) is 28.3 Å². The molecule has 0 aliphatic carbocycles. The highest BCUT2D eigenvalue weighted by molar-refractivity contribution is 9.08. The molecule has 1 aromatic carbocycles. The summed E-state index contributed by atoms with van der Waals surface area (Å²) in [7, 11) is 0. The Labute approximate surface area is 109 Å². The predicted molar refractivity (Wildman–Crippen MR) is 62.1 cm³/mol. The summed E-state index contributed by atoms with van der Waals surface area (Å²) in [6, 6.07) is 2.52. The van der Waals surface area contributed by atoms with Gasteiger partial charge in [-0.05, 0) is 23.3 Å². The number of benzene rings is 1. The average Bonchev–Trinajstić information content (AvgIpc) is 2.20. The molecule has 0 atom stereocenters. The van der Waals surface area contributed by atoms with Crippen LogP contribution in [0.2, 0.25) is 5.02 Å². The fourth-order valence-corrected chi connectivity index (χ4v) is 2.10. The van der Waals surface area contributed by atoms with Crippen LogP contribution >= 0.6 is 27.5 Å². The van der Waals surface area contributed by atoms with Crippen molar-refractivity contribution in [3.8, 4) is 5.75 Å². The molecule has 1 aromatic rings. The minimum atomic E-state index is -2.94. The first-order valence-electron chi connectivity index (χ1n) is 4.48. The van der Waals surface area contributed by atoms with E-state index in [0.29, 0.717) is 16.5 Å². The smallest absolute Gasteiger partial charge is 0.387 e. The molecule has 0 spiro atoms. The highest BCUT2D eigenvalue weighted by Crippen LogP contribution is 2.29. The van der Waals surface area contributed by atoms with E-state index in [9.17, 15) is 13.6 Å². The first kappa shape index (κ1) is 14.2. The first-order chi connectivity index (χ1) is 7.93. The van der Waals surface area contributed by atoms with Gasteiger partial charge in [0.1, 0.15) is 5.75 Å². The lowest BCUT2D eigenvalue weighted by molar-refractivity contribution is -0.136. The molecule has 94 valence electrons. The third kappa shape index (κ3) is 4.12. The number of alkyl halides is 3. The Bertz CT molecular complexity index is 426. The summed E-state index contributed by atoms with van der Waals surface area (Å²) < 4.78 is 28.3. The molecule has 0 fully saturated rings. The molecule has 17 heavy (non-hydrogen) atoms. The highest BCUT2D eigenvalue weighted by atomic mass is 79.9. The largest absolute Gasteiger partial charge is 0.481 e. The van der Waals surface area contributed by atoms with Gasteiger partial charge in [0.25, 0.3) is 0 Å². The van der Waals surface area contributed by atoms with Gasteiger partial charge in [-0.3, -0.25) is 4.79 Å². The third-order valence-corrected chi connectivity index (χ3v) is 2.90. The first-order valence-corrected chi connectivity index (χ1v) is 5.98. The van der Waals surface area contributed by atoms with E-state index >= 15 is 0 Å². The molecule has 0 aromatic heterocycles. The zero-order valence-corrected chi connectivity index (χ0v) is 10.8. The van der Waals surface area contributed by atoms with Gasteiger partial charge in [0, 0.05) is 10.4 Å². The summed E-state index contributed by atoms with van der Waals surface area (Å²) in [6.07, 6.45) is -0.269. The van der Waals surface area contributed by atoms with Crippen molar-refractivity contribution < 1.29 is 23.4 Å². The summed E-state index contributed by atoms with van der Waals surface area (Å²) in [5.41, 5.74) is 0.896. The van der Waals surface area contributed by atoms with Gasteiger partial charge in [-0.1, -0.05) is 27.5 Å². The van der Waals surface area contributed by atoms with Gasteiger partial charge in [0.2, 0.25) is 0 Å². The molecule has 3 nitrogen and oxygen atoms in total. The van der Waals surface area contributed by atoms with Gasteiger partial charge in [-0.2, -0.15) is 8.78 Å². The maximum absolute atomic E-state index is 12.0. The SMILES string of the molecule is O=C(O)Cc1c(Cl)cc(OC(F)F)cc1CBr. The van der Waals surface area contributed by atoms with Crippen molar-refractivity contribution in [2.75, 3.05) is 0 Å². The monoisotopic (exact) mass is 328 g/mol. The molecule has 0 saturated heterocycles. The van der Waals surface area contributed by atoms with Crippen molar-refractivity contribution in [1.82, 2.24) is 0 Å². The second kappa shape index (κ2) is 6.16. The van der Waals surface area contributed by atoms with Gasteiger partial charge in [0.05, 0.1) is 6.42 Å². The van der Waals surface area contributed by atoms with E-state index in [0.717, 1.165) is 0 Å². The van der Waals surface area contributed by atoms with E-state index in [4.69, 9.17) is 16.7 Å². The summed E-state index contributed by atoms with van der Waals surface area (Å²) in [6.45, 7) is -2.94. The number of carbonyl (C=O) groups is 1. The Morgan fingerprint density at radius 1 is 1.53 bits per heavy atom. The standard InChI is InChI=1S/C10H8BrClF2O3/c11-4-5-1-6(17-10(13)14)2-8(12)7(5)3-9(15)16/h1-2,10H,3-4H2,(H,15,16). The Kier molecular flexibility index (Phi) is 5.14. The normalized spacial score (nSPS) is 10.6. The van der Waals surface area contributed by atoms with Crippen LogP contribution in [0.15, 0.2) is 12.1 Å². The molecule has 0 radical (unpaired) electrons. The van der Waals surface area contributed by atoms with Gasteiger partial charge in [0.15, 0.2) is 0 Å². The van der Waals surface area contributed by atoms with E-state index in [-0.39, 0.29) is 17.2 Å². The topological polar surface area (TPSA) is 46.5 Å². The highest BCUT2D eigenvalue weighted by Gasteiger charge is 2.14. The van der Waals surface area contributed by atoms with Crippen molar-refractivity contribution in [2.45, 2.75) is 18.4 Å². The Morgan fingerprint density at radius 2 is 2.18 bits per heavy atom. The molecular weight excluding hydrogens is 321 g/mol. The molecule has 0 aliphatic rings. The van der Waals surface area contributed by atoms with Crippen LogP contribution in [-0.2, 0) is 16.5 Å². The maximum atomic E-state index is 12.0. The van der Waals surface area contributed by atoms with Crippen molar-refractivity contribution in [2.24, 2.45) is 0 Å². The van der Waals surface area contributed by atoms with E-state index in [1.807, 2.05) is 0 Å². The number of rotatable bonds is 5. The molecule has 0 unspecified atom stereocenters. The Balaban J connectivity index is 3.11. The van der Waals surface area contributed by atoms with Crippen LogP contribution < -0.4 is 4.74 Å².